The summed E-state index contributed by atoms with van der Waals surface area (Å²) in [5, 5.41) is 10.8. The van der Waals surface area contributed by atoms with Crippen molar-refractivity contribution < 1.29 is 19.5 Å². The Morgan fingerprint density at radius 2 is 2.00 bits per heavy atom. The van der Waals surface area contributed by atoms with E-state index in [2.05, 4.69) is 5.32 Å². The van der Waals surface area contributed by atoms with E-state index in [0.717, 1.165) is 5.56 Å². The van der Waals surface area contributed by atoms with Gasteiger partial charge in [0.25, 0.3) is 5.91 Å². The van der Waals surface area contributed by atoms with Crippen molar-refractivity contribution >= 4 is 52.2 Å². The van der Waals surface area contributed by atoms with E-state index in [1.165, 1.54) is 16.7 Å². The third-order valence-electron chi connectivity index (χ3n) is 3.21. The first-order chi connectivity index (χ1) is 12.0. The molecule has 0 bridgehead atoms. The van der Waals surface area contributed by atoms with Crippen LogP contribution in [0.15, 0.2) is 47.4 Å². The van der Waals surface area contributed by atoms with Gasteiger partial charge in [-0.2, -0.15) is 0 Å². The first-order valence-corrected chi connectivity index (χ1v) is 8.65. The van der Waals surface area contributed by atoms with E-state index >= 15 is 0 Å². The van der Waals surface area contributed by atoms with Gasteiger partial charge >= 0.3 is 5.97 Å². The maximum Gasteiger partial charge on any atom is 0.322 e. The van der Waals surface area contributed by atoms with E-state index in [1.54, 1.807) is 12.2 Å². The molecule has 0 aliphatic carbocycles. The van der Waals surface area contributed by atoms with Crippen molar-refractivity contribution in [3.8, 4) is 0 Å². The van der Waals surface area contributed by atoms with Crippen LogP contribution in [0.4, 0.5) is 0 Å². The topological polar surface area (TPSA) is 86.7 Å². The van der Waals surface area contributed by atoms with Gasteiger partial charge in [0.2, 0.25) is 5.91 Å². The Morgan fingerprint density at radius 1 is 1.28 bits per heavy atom. The van der Waals surface area contributed by atoms with E-state index in [1.807, 2.05) is 36.4 Å². The number of thiocarbonyl (C=S) groups is 1. The largest absolute Gasteiger partial charge is 0.480 e. The van der Waals surface area contributed by atoms with Gasteiger partial charge in [0, 0.05) is 13.0 Å². The number of hydrogen-bond donors (Lipinski definition) is 2. The maximum absolute atomic E-state index is 12.3. The van der Waals surface area contributed by atoms with Crippen LogP contribution < -0.4 is 5.32 Å². The Bertz CT molecular complexity index is 744. The Hall–Kier alpha value is -2.45. The monoisotopic (exact) mass is 376 g/mol. The molecular weight excluding hydrogens is 360 g/mol. The van der Waals surface area contributed by atoms with Crippen LogP contribution in [0.2, 0.25) is 0 Å². The second kappa shape index (κ2) is 9.14. The second-order valence-electron chi connectivity index (χ2n) is 5.05. The molecule has 0 radical (unpaired) electrons. The van der Waals surface area contributed by atoms with Crippen molar-refractivity contribution in [1.82, 2.24) is 10.2 Å². The summed E-state index contributed by atoms with van der Waals surface area (Å²) < 4.78 is 0.385. The lowest BCUT2D eigenvalue weighted by molar-refractivity contribution is -0.138. The number of nitrogens with one attached hydrogen (secondary N) is 1. The number of allylic oxidation sites excluding steroid dienone is 2. The summed E-state index contributed by atoms with van der Waals surface area (Å²) in [5.74, 6) is -1.81. The third-order valence-corrected chi connectivity index (χ3v) is 4.60. The van der Waals surface area contributed by atoms with Gasteiger partial charge in [0.15, 0.2) is 0 Å². The first kappa shape index (κ1) is 18.9. The van der Waals surface area contributed by atoms with Crippen LogP contribution >= 0.6 is 24.0 Å². The molecule has 1 aromatic rings. The number of nitrogens with zero attached hydrogens (tertiary/aromatic N) is 1. The summed E-state index contributed by atoms with van der Waals surface area (Å²) in [6, 6.07) is 9.68. The van der Waals surface area contributed by atoms with Crippen molar-refractivity contribution in [1.29, 1.82) is 0 Å². The fourth-order valence-electron chi connectivity index (χ4n) is 1.99. The van der Waals surface area contributed by atoms with Crippen LogP contribution in [-0.2, 0) is 14.4 Å². The molecule has 1 heterocycles. The number of aliphatic carboxylic acids is 1. The highest BCUT2D eigenvalue weighted by Crippen LogP contribution is 2.31. The van der Waals surface area contributed by atoms with Gasteiger partial charge in [-0.15, -0.1) is 0 Å². The van der Waals surface area contributed by atoms with Gasteiger partial charge < -0.3 is 10.4 Å². The maximum atomic E-state index is 12.3. The Kier molecular flexibility index (Phi) is 6.91. The number of hydrogen-bond acceptors (Lipinski definition) is 5. The van der Waals surface area contributed by atoms with Crippen LogP contribution in [0, 0.1) is 0 Å². The number of amides is 2. The van der Waals surface area contributed by atoms with Gasteiger partial charge in [-0.25, -0.2) is 0 Å². The standard InChI is InChI=1S/C17H16N2O4S2/c20-14(18-11-15(21)22)9-10-19-16(23)13(25-17(19)24)8-4-7-12-5-2-1-3-6-12/h1-8H,9-11H2,(H,18,20)(H,21,22)/b7-4+,13-8-. The Morgan fingerprint density at radius 3 is 2.68 bits per heavy atom. The van der Waals surface area contributed by atoms with Gasteiger partial charge in [0.1, 0.15) is 10.9 Å². The summed E-state index contributed by atoms with van der Waals surface area (Å²) in [6.45, 7) is -0.322. The number of carbonyl (C=O) groups excluding carboxylic acids is 2. The molecule has 25 heavy (non-hydrogen) atoms. The van der Waals surface area contributed by atoms with E-state index in [0.29, 0.717) is 9.23 Å². The number of benzene rings is 1. The molecule has 8 heteroatoms. The van der Waals surface area contributed by atoms with Crippen LogP contribution in [0.1, 0.15) is 12.0 Å². The van der Waals surface area contributed by atoms with Crippen molar-refractivity contribution in [2.24, 2.45) is 0 Å². The summed E-state index contributed by atoms with van der Waals surface area (Å²) in [4.78, 5) is 36.1. The lowest BCUT2D eigenvalue weighted by Gasteiger charge is -2.13. The number of thioether (sulfide) groups is 1. The molecule has 0 spiro atoms. The van der Waals surface area contributed by atoms with Crippen LogP contribution in [0.3, 0.4) is 0 Å². The van der Waals surface area contributed by atoms with Crippen molar-refractivity contribution in [3.05, 3.63) is 53.0 Å². The minimum absolute atomic E-state index is 0.00709. The predicted octanol–water partition coefficient (Wildman–Crippen LogP) is 2.03. The zero-order chi connectivity index (χ0) is 18.2. The third kappa shape index (κ3) is 5.84. The molecule has 0 aromatic heterocycles. The minimum atomic E-state index is -1.12. The molecule has 0 atom stereocenters. The fourth-order valence-corrected chi connectivity index (χ4v) is 3.25. The number of carbonyl (C=O) groups is 3. The fraction of sp³-hybridized carbons (Fsp3) is 0.176. The Balaban J connectivity index is 1.90. The van der Waals surface area contributed by atoms with E-state index < -0.39 is 18.4 Å². The molecule has 2 N–H and O–H groups in total. The molecule has 2 amide bonds. The SMILES string of the molecule is O=C(O)CNC(=O)CCN1C(=O)/C(=C/C=C/c2ccccc2)SC1=S. The number of carboxylic acids is 1. The summed E-state index contributed by atoms with van der Waals surface area (Å²) in [5.41, 5.74) is 1.02. The van der Waals surface area contributed by atoms with Crippen molar-refractivity contribution in [2.45, 2.75) is 6.42 Å². The van der Waals surface area contributed by atoms with Crippen molar-refractivity contribution in [3.63, 3.8) is 0 Å². The van der Waals surface area contributed by atoms with Gasteiger partial charge in [0.05, 0.1) is 4.91 Å². The van der Waals surface area contributed by atoms with Crippen LogP contribution in [0.25, 0.3) is 6.08 Å². The van der Waals surface area contributed by atoms with Gasteiger partial charge in [-0.3, -0.25) is 19.3 Å². The van der Waals surface area contributed by atoms with E-state index in [9.17, 15) is 14.4 Å². The zero-order valence-electron chi connectivity index (χ0n) is 13.2. The summed E-state index contributed by atoms with van der Waals surface area (Å²) in [6.07, 6.45) is 5.34. The van der Waals surface area contributed by atoms with Crippen LogP contribution in [0.5, 0.6) is 0 Å². The highest BCUT2D eigenvalue weighted by atomic mass is 32.2. The van der Waals surface area contributed by atoms with Gasteiger partial charge in [-0.1, -0.05) is 66.5 Å². The molecule has 0 unspecified atom stereocenters. The Labute approximate surface area is 154 Å². The molecule has 6 nitrogen and oxygen atoms in total. The molecule has 1 aromatic carbocycles. The minimum Gasteiger partial charge on any atom is -0.480 e. The summed E-state index contributed by atoms with van der Waals surface area (Å²) in [7, 11) is 0. The van der Waals surface area contributed by atoms with Crippen LogP contribution in [-0.4, -0.2) is 45.2 Å². The zero-order valence-corrected chi connectivity index (χ0v) is 14.8. The molecule has 1 aliphatic heterocycles. The van der Waals surface area contributed by atoms with Gasteiger partial charge in [-0.05, 0) is 11.6 Å². The summed E-state index contributed by atoms with van der Waals surface area (Å²) >= 11 is 6.35. The average Bonchev–Trinajstić information content (AvgIpc) is 2.86. The molecule has 130 valence electrons. The number of carboxylic acid groups (broad SMARTS) is 1. The molecule has 2 rings (SSSR count). The second-order valence-corrected chi connectivity index (χ2v) is 6.72. The highest BCUT2D eigenvalue weighted by molar-refractivity contribution is 8.26. The lowest BCUT2D eigenvalue weighted by atomic mass is 10.2. The first-order valence-electron chi connectivity index (χ1n) is 7.43. The predicted molar refractivity (Wildman–Crippen MR) is 101 cm³/mol. The molecule has 1 aliphatic rings. The van der Waals surface area contributed by atoms with E-state index in [4.69, 9.17) is 17.3 Å². The molecule has 1 saturated heterocycles. The number of rotatable bonds is 7. The quantitative estimate of drug-likeness (QED) is 0.559. The molecule has 1 fully saturated rings. The highest BCUT2D eigenvalue weighted by Gasteiger charge is 2.31. The van der Waals surface area contributed by atoms with Crippen molar-refractivity contribution in [2.75, 3.05) is 13.1 Å². The lowest BCUT2D eigenvalue weighted by Crippen LogP contribution is -2.35. The smallest absolute Gasteiger partial charge is 0.322 e. The molecular formula is C17H16N2O4S2. The molecule has 0 saturated carbocycles. The van der Waals surface area contributed by atoms with E-state index in [-0.39, 0.29) is 18.9 Å². The normalized spacial score (nSPS) is 16.0. The average molecular weight is 376 g/mol.